The summed E-state index contributed by atoms with van der Waals surface area (Å²) in [6.45, 7) is 0. The number of nitriles is 1. The second-order valence-corrected chi connectivity index (χ2v) is 4.42. The third kappa shape index (κ3) is 1.77. The third-order valence-corrected chi connectivity index (χ3v) is 3.17. The van der Waals surface area contributed by atoms with Crippen molar-refractivity contribution in [3.63, 3.8) is 0 Å². The molecule has 15 heavy (non-hydrogen) atoms. The molecule has 1 aromatic heterocycles. The lowest BCUT2D eigenvalue weighted by Crippen LogP contribution is -1.89. The van der Waals surface area contributed by atoms with Crippen molar-refractivity contribution in [3.8, 4) is 6.07 Å². The Kier molecular flexibility index (Phi) is 2.76. The average Bonchev–Trinajstić information content (AvgIpc) is 2.19. The van der Waals surface area contributed by atoms with Crippen LogP contribution < -0.4 is 0 Å². The minimum absolute atomic E-state index is 0.250. The lowest BCUT2D eigenvalue weighted by atomic mass is 10.1. The second kappa shape index (κ2) is 3.91. The van der Waals surface area contributed by atoms with E-state index in [0.717, 1.165) is 0 Å². The molecule has 0 aliphatic rings. The zero-order valence-electron chi connectivity index (χ0n) is 7.26. The number of pyridine rings is 1. The molecule has 0 amide bonds. The SMILES string of the molecule is N#Cc1cnc2c(I)cc(F)cc2c1Cl. The smallest absolute Gasteiger partial charge is 0.125 e. The predicted molar refractivity (Wildman–Crippen MR) is 64.1 cm³/mol. The van der Waals surface area contributed by atoms with Crippen LogP contribution in [0.25, 0.3) is 10.9 Å². The minimum Gasteiger partial charge on any atom is -0.254 e. The van der Waals surface area contributed by atoms with E-state index in [1.807, 2.05) is 28.7 Å². The molecule has 0 bridgehead atoms. The third-order valence-electron chi connectivity index (χ3n) is 1.94. The van der Waals surface area contributed by atoms with E-state index in [9.17, 15) is 4.39 Å². The van der Waals surface area contributed by atoms with Crippen LogP contribution >= 0.6 is 34.2 Å². The molecular weight excluding hydrogens is 329 g/mol. The Bertz CT molecular complexity index is 592. The van der Waals surface area contributed by atoms with Crippen molar-refractivity contribution in [2.24, 2.45) is 0 Å². The number of aromatic nitrogens is 1. The van der Waals surface area contributed by atoms with Crippen molar-refractivity contribution in [1.29, 1.82) is 5.26 Å². The molecule has 1 aromatic carbocycles. The molecule has 0 N–H and O–H groups in total. The van der Waals surface area contributed by atoms with Crippen LogP contribution in [0.4, 0.5) is 4.39 Å². The number of nitrogens with zero attached hydrogens (tertiary/aromatic N) is 2. The van der Waals surface area contributed by atoms with Crippen LogP contribution in [0.2, 0.25) is 5.02 Å². The van der Waals surface area contributed by atoms with Crippen LogP contribution in [-0.2, 0) is 0 Å². The molecule has 0 fully saturated rings. The number of hydrogen-bond donors (Lipinski definition) is 0. The van der Waals surface area contributed by atoms with Gasteiger partial charge in [-0.3, -0.25) is 4.98 Å². The molecule has 2 aromatic rings. The van der Waals surface area contributed by atoms with E-state index in [2.05, 4.69) is 4.98 Å². The summed E-state index contributed by atoms with van der Waals surface area (Å²) in [5, 5.41) is 9.47. The fraction of sp³-hybridized carbons (Fsp3) is 0. The first-order chi connectivity index (χ1) is 7.13. The molecule has 2 nitrogen and oxygen atoms in total. The maximum Gasteiger partial charge on any atom is 0.125 e. The molecule has 0 unspecified atom stereocenters. The van der Waals surface area contributed by atoms with Crippen LogP contribution in [0.3, 0.4) is 0 Å². The Morgan fingerprint density at radius 1 is 1.47 bits per heavy atom. The highest BCUT2D eigenvalue weighted by atomic mass is 127. The summed E-state index contributed by atoms with van der Waals surface area (Å²) in [5.74, 6) is -0.384. The monoisotopic (exact) mass is 332 g/mol. The van der Waals surface area contributed by atoms with Gasteiger partial charge in [0.05, 0.1) is 16.1 Å². The van der Waals surface area contributed by atoms with Gasteiger partial charge in [0.2, 0.25) is 0 Å². The van der Waals surface area contributed by atoms with E-state index in [0.29, 0.717) is 14.5 Å². The zero-order valence-corrected chi connectivity index (χ0v) is 10.2. The van der Waals surface area contributed by atoms with Gasteiger partial charge in [0.15, 0.2) is 0 Å². The maximum atomic E-state index is 13.1. The van der Waals surface area contributed by atoms with Crippen molar-refractivity contribution in [1.82, 2.24) is 4.98 Å². The van der Waals surface area contributed by atoms with Gasteiger partial charge in [-0.25, -0.2) is 4.39 Å². The lowest BCUT2D eigenvalue weighted by Gasteiger charge is -2.03. The Labute approximate surface area is 104 Å². The van der Waals surface area contributed by atoms with Gasteiger partial charge in [-0.1, -0.05) is 11.6 Å². The van der Waals surface area contributed by atoms with E-state index in [1.165, 1.54) is 18.3 Å². The van der Waals surface area contributed by atoms with Gasteiger partial charge < -0.3 is 0 Å². The van der Waals surface area contributed by atoms with E-state index >= 15 is 0 Å². The van der Waals surface area contributed by atoms with Crippen LogP contribution in [0.1, 0.15) is 5.56 Å². The van der Waals surface area contributed by atoms with Crippen LogP contribution in [0, 0.1) is 20.7 Å². The first-order valence-corrected chi connectivity index (χ1v) is 5.42. The molecule has 0 atom stereocenters. The Morgan fingerprint density at radius 2 is 2.20 bits per heavy atom. The number of rotatable bonds is 0. The summed E-state index contributed by atoms with van der Waals surface area (Å²) in [4.78, 5) is 4.07. The number of halogens is 3. The Morgan fingerprint density at radius 3 is 2.87 bits per heavy atom. The molecule has 1 heterocycles. The number of hydrogen-bond acceptors (Lipinski definition) is 2. The first kappa shape index (κ1) is 10.6. The topological polar surface area (TPSA) is 36.7 Å². The molecule has 2 rings (SSSR count). The summed E-state index contributed by atoms with van der Waals surface area (Å²) >= 11 is 7.93. The molecular formula is C10H3ClFIN2. The Hall–Kier alpha value is -0.930. The zero-order chi connectivity index (χ0) is 11.0. The van der Waals surface area contributed by atoms with Crippen molar-refractivity contribution < 1.29 is 4.39 Å². The first-order valence-electron chi connectivity index (χ1n) is 3.97. The summed E-state index contributed by atoms with van der Waals surface area (Å²) < 4.78 is 13.8. The largest absolute Gasteiger partial charge is 0.254 e. The average molecular weight is 333 g/mol. The summed E-state index contributed by atoms with van der Waals surface area (Å²) in [6.07, 6.45) is 1.39. The minimum atomic E-state index is -0.384. The standard InChI is InChI=1S/C10H3ClFIN2/c11-9-5(3-14)4-15-10-7(9)1-6(12)2-8(10)13/h1-2,4H. The highest BCUT2D eigenvalue weighted by Crippen LogP contribution is 2.28. The van der Waals surface area contributed by atoms with Crippen LogP contribution in [-0.4, -0.2) is 4.98 Å². The molecule has 0 aliphatic heterocycles. The Balaban J connectivity index is 2.94. The van der Waals surface area contributed by atoms with E-state index < -0.39 is 0 Å². The van der Waals surface area contributed by atoms with Gasteiger partial charge in [-0.2, -0.15) is 5.26 Å². The van der Waals surface area contributed by atoms with Crippen molar-refractivity contribution in [3.05, 3.63) is 38.3 Å². The van der Waals surface area contributed by atoms with E-state index in [4.69, 9.17) is 16.9 Å². The normalized spacial score (nSPS) is 10.3. The summed E-state index contributed by atoms with van der Waals surface area (Å²) in [7, 11) is 0. The second-order valence-electron chi connectivity index (χ2n) is 2.88. The van der Waals surface area contributed by atoms with Gasteiger partial charge in [0.1, 0.15) is 11.9 Å². The van der Waals surface area contributed by atoms with Gasteiger partial charge in [-0.15, -0.1) is 0 Å². The van der Waals surface area contributed by atoms with Gasteiger partial charge >= 0.3 is 0 Å². The molecule has 5 heteroatoms. The lowest BCUT2D eigenvalue weighted by molar-refractivity contribution is 0.628. The highest BCUT2D eigenvalue weighted by Gasteiger charge is 2.10. The number of benzene rings is 1. The van der Waals surface area contributed by atoms with Crippen molar-refractivity contribution in [2.75, 3.05) is 0 Å². The summed E-state index contributed by atoms with van der Waals surface area (Å²) in [6, 6.07) is 4.57. The van der Waals surface area contributed by atoms with E-state index in [1.54, 1.807) is 0 Å². The predicted octanol–water partition coefficient (Wildman–Crippen LogP) is 3.50. The van der Waals surface area contributed by atoms with Gasteiger partial charge in [-0.05, 0) is 34.7 Å². The molecule has 0 aliphatic carbocycles. The quantitative estimate of drug-likeness (QED) is 0.692. The molecule has 0 spiro atoms. The van der Waals surface area contributed by atoms with Gasteiger partial charge in [0.25, 0.3) is 0 Å². The van der Waals surface area contributed by atoms with Crippen LogP contribution in [0.5, 0.6) is 0 Å². The number of fused-ring (bicyclic) bond motifs is 1. The van der Waals surface area contributed by atoms with E-state index in [-0.39, 0.29) is 16.4 Å². The molecule has 0 radical (unpaired) electrons. The molecule has 0 saturated heterocycles. The van der Waals surface area contributed by atoms with Gasteiger partial charge in [0, 0.05) is 15.2 Å². The van der Waals surface area contributed by atoms with Crippen LogP contribution in [0.15, 0.2) is 18.3 Å². The summed E-state index contributed by atoms with van der Waals surface area (Å²) in [5.41, 5.74) is 0.867. The fourth-order valence-corrected chi connectivity index (χ4v) is 2.24. The highest BCUT2D eigenvalue weighted by molar-refractivity contribution is 14.1. The molecule has 74 valence electrons. The molecule has 0 saturated carbocycles. The fourth-order valence-electron chi connectivity index (χ4n) is 1.27. The van der Waals surface area contributed by atoms with Crippen molar-refractivity contribution in [2.45, 2.75) is 0 Å². The maximum absolute atomic E-state index is 13.1. The van der Waals surface area contributed by atoms with Crippen molar-refractivity contribution >= 4 is 45.1 Å².